The lowest BCUT2D eigenvalue weighted by Gasteiger charge is -1.99. The van der Waals surface area contributed by atoms with Gasteiger partial charge in [0.2, 0.25) is 5.89 Å². The Kier molecular flexibility index (Phi) is 5.27. The number of aromatic nitrogens is 2. The summed E-state index contributed by atoms with van der Waals surface area (Å²) in [5, 5.41) is 3.70. The molecule has 1 atom stereocenters. The molecule has 0 aromatic carbocycles. The molecule has 0 fully saturated rings. The minimum Gasteiger partial charge on any atom is -0.375 e. The van der Waals surface area contributed by atoms with Gasteiger partial charge in [0.05, 0.1) is 13.0 Å². The molecule has 0 saturated carbocycles. The van der Waals surface area contributed by atoms with Crippen molar-refractivity contribution in [2.24, 2.45) is 5.73 Å². The average molecular weight is 235 g/mol. The number of ether oxygens (including phenoxy) is 1. The highest BCUT2D eigenvalue weighted by Gasteiger charge is 2.08. The molecule has 0 bridgehead atoms. The molecule has 0 radical (unpaired) electrons. The van der Waals surface area contributed by atoms with Crippen molar-refractivity contribution >= 4 is 0 Å². The van der Waals surface area contributed by atoms with E-state index in [2.05, 4.69) is 14.9 Å². The van der Waals surface area contributed by atoms with Gasteiger partial charge in [-0.15, -0.1) is 0 Å². The predicted octanol–water partition coefficient (Wildman–Crippen LogP) is 0.784. The van der Waals surface area contributed by atoms with E-state index in [1.54, 1.807) is 0 Å². The first-order valence-corrected chi connectivity index (χ1v) is 5.01. The van der Waals surface area contributed by atoms with E-state index in [-0.39, 0.29) is 12.6 Å². The number of alkyl halides is 2. The summed E-state index contributed by atoms with van der Waals surface area (Å²) in [5.41, 5.74) is 5.56. The number of hydrogen-bond acceptors (Lipinski definition) is 5. The van der Waals surface area contributed by atoms with E-state index in [9.17, 15) is 8.78 Å². The van der Waals surface area contributed by atoms with Crippen LogP contribution in [0.4, 0.5) is 8.78 Å². The van der Waals surface area contributed by atoms with Gasteiger partial charge in [-0.2, -0.15) is 4.98 Å². The zero-order valence-corrected chi connectivity index (χ0v) is 9.03. The molecular weight excluding hydrogens is 220 g/mol. The van der Waals surface area contributed by atoms with Crippen LogP contribution in [0, 0.1) is 0 Å². The zero-order valence-electron chi connectivity index (χ0n) is 9.03. The van der Waals surface area contributed by atoms with Gasteiger partial charge in [-0.1, -0.05) is 5.16 Å². The third-order valence-electron chi connectivity index (χ3n) is 1.72. The summed E-state index contributed by atoms with van der Waals surface area (Å²) < 4.78 is 33.0. The number of nitrogens with zero attached hydrogens (tertiary/aromatic N) is 2. The second-order valence-electron chi connectivity index (χ2n) is 3.50. The smallest absolute Gasteiger partial charge is 0.261 e. The summed E-state index contributed by atoms with van der Waals surface area (Å²) in [7, 11) is 0. The molecule has 0 spiro atoms. The maximum absolute atomic E-state index is 11.7. The van der Waals surface area contributed by atoms with Gasteiger partial charge in [-0.25, -0.2) is 8.78 Å². The van der Waals surface area contributed by atoms with Crippen LogP contribution in [0.3, 0.4) is 0 Å². The highest BCUT2D eigenvalue weighted by atomic mass is 19.3. The van der Waals surface area contributed by atoms with Crippen LogP contribution in [0.25, 0.3) is 0 Å². The van der Waals surface area contributed by atoms with E-state index >= 15 is 0 Å². The Labute approximate surface area is 92.0 Å². The van der Waals surface area contributed by atoms with Gasteiger partial charge in [-0.05, 0) is 6.92 Å². The van der Waals surface area contributed by atoms with Crippen molar-refractivity contribution in [2.75, 3.05) is 13.2 Å². The molecule has 7 heteroatoms. The van der Waals surface area contributed by atoms with E-state index in [4.69, 9.17) is 10.3 Å². The molecule has 0 aliphatic carbocycles. The van der Waals surface area contributed by atoms with Gasteiger partial charge in [0, 0.05) is 12.5 Å². The molecule has 2 N–H and O–H groups in total. The van der Waals surface area contributed by atoms with E-state index in [0.717, 1.165) is 0 Å². The molecule has 1 heterocycles. The summed E-state index contributed by atoms with van der Waals surface area (Å²) >= 11 is 0. The molecule has 0 aliphatic heterocycles. The first-order chi connectivity index (χ1) is 7.58. The zero-order chi connectivity index (χ0) is 12.0. The predicted molar refractivity (Wildman–Crippen MR) is 52.2 cm³/mol. The van der Waals surface area contributed by atoms with Gasteiger partial charge in [0.25, 0.3) is 6.43 Å². The van der Waals surface area contributed by atoms with Crippen LogP contribution in [0.15, 0.2) is 4.52 Å². The minimum absolute atomic E-state index is 0.0412. The summed E-state index contributed by atoms with van der Waals surface area (Å²) in [6, 6.07) is -0.0412. The molecule has 5 nitrogen and oxygen atoms in total. The van der Waals surface area contributed by atoms with Crippen LogP contribution in [-0.2, 0) is 17.6 Å². The highest BCUT2D eigenvalue weighted by molar-refractivity contribution is 4.88. The van der Waals surface area contributed by atoms with Crippen LogP contribution in [0.1, 0.15) is 18.6 Å². The van der Waals surface area contributed by atoms with Gasteiger partial charge in [-0.3, -0.25) is 0 Å². The van der Waals surface area contributed by atoms with Crippen LogP contribution in [-0.4, -0.2) is 35.8 Å². The Bertz CT molecular complexity index is 305. The average Bonchev–Trinajstić information content (AvgIpc) is 2.59. The molecule has 1 aromatic rings. The lowest BCUT2D eigenvalue weighted by Crippen LogP contribution is -2.18. The number of nitrogens with two attached hydrogens (primary N) is 1. The van der Waals surface area contributed by atoms with Crippen molar-refractivity contribution in [2.45, 2.75) is 32.2 Å². The topological polar surface area (TPSA) is 74.2 Å². The lowest BCUT2D eigenvalue weighted by atomic mass is 10.2. The van der Waals surface area contributed by atoms with Crippen molar-refractivity contribution in [3.63, 3.8) is 0 Å². The number of hydrogen-bond donors (Lipinski definition) is 1. The third kappa shape index (κ3) is 5.13. The summed E-state index contributed by atoms with van der Waals surface area (Å²) in [5.74, 6) is 0.906. The normalized spacial score (nSPS) is 13.3. The Morgan fingerprint density at radius 1 is 1.50 bits per heavy atom. The molecule has 0 aliphatic rings. The Hall–Kier alpha value is -1.08. The largest absolute Gasteiger partial charge is 0.375 e. The van der Waals surface area contributed by atoms with E-state index in [1.807, 2.05) is 6.92 Å². The molecule has 92 valence electrons. The Morgan fingerprint density at radius 2 is 2.25 bits per heavy atom. The highest BCUT2D eigenvalue weighted by Crippen LogP contribution is 2.01. The van der Waals surface area contributed by atoms with Crippen molar-refractivity contribution in [1.29, 1.82) is 0 Å². The minimum atomic E-state index is -2.45. The fourth-order valence-corrected chi connectivity index (χ4v) is 1.09. The van der Waals surface area contributed by atoms with E-state index < -0.39 is 13.0 Å². The lowest BCUT2D eigenvalue weighted by molar-refractivity contribution is 0.0171. The van der Waals surface area contributed by atoms with Gasteiger partial charge in [0.15, 0.2) is 5.82 Å². The first kappa shape index (κ1) is 13.0. The first-order valence-electron chi connectivity index (χ1n) is 5.01. The van der Waals surface area contributed by atoms with Crippen LogP contribution in [0.5, 0.6) is 0 Å². The van der Waals surface area contributed by atoms with E-state index in [0.29, 0.717) is 24.6 Å². The Morgan fingerprint density at radius 3 is 2.88 bits per heavy atom. The molecule has 1 unspecified atom stereocenters. The molecule has 1 aromatic heterocycles. The molecular formula is C9H15F2N3O2. The Balaban J connectivity index is 2.24. The van der Waals surface area contributed by atoms with Crippen molar-refractivity contribution in [1.82, 2.24) is 10.1 Å². The summed E-state index contributed by atoms with van der Waals surface area (Å²) in [6.07, 6.45) is -1.59. The molecule has 0 saturated heterocycles. The fraction of sp³-hybridized carbons (Fsp3) is 0.778. The maximum Gasteiger partial charge on any atom is 0.261 e. The summed E-state index contributed by atoms with van der Waals surface area (Å²) in [6.45, 7) is 1.41. The maximum atomic E-state index is 11.7. The number of rotatable bonds is 7. The molecule has 0 amide bonds. The van der Waals surface area contributed by atoms with Crippen LogP contribution in [0.2, 0.25) is 0 Å². The van der Waals surface area contributed by atoms with Gasteiger partial charge in [0.1, 0.15) is 6.61 Å². The van der Waals surface area contributed by atoms with Gasteiger partial charge >= 0.3 is 0 Å². The van der Waals surface area contributed by atoms with E-state index in [1.165, 1.54) is 0 Å². The van der Waals surface area contributed by atoms with Crippen LogP contribution >= 0.6 is 0 Å². The second-order valence-corrected chi connectivity index (χ2v) is 3.50. The van der Waals surface area contributed by atoms with Crippen molar-refractivity contribution < 1.29 is 18.0 Å². The standard InChI is InChI=1S/C9H15F2N3O2/c1-6(12)4-8-13-9(16-14-8)2-3-15-5-7(10)11/h6-7H,2-5,12H2,1H3. The number of halogens is 2. The fourth-order valence-electron chi connectivity index (χ4n) is 1.09. The van der Waals surface area contributed by atoms with Crippen molar-refractivity contribution in [3.8, 4) is 0 Å². The van der Waals surface area contributed by atoms with Crippen LogP contribution < -0.4 is 5.73 Å². The third-order valence-corrected chi connectivity index (χ3v) is 1.72. The van der Waals surface area contributed by atoms with Crippen molar-refractivity contribution in [3.05, 3.63) is 11.7 Å². The van der Waals surface area contributed by atoms with Gasteiger partial charge < -0.3 is 15.0 Å². The quantitative estimate of drug-likeness (QED) is 0.707. The second kappa shape index (κ2) is 6.49. The monoisotopic (exact) mass is 235 g/mol. The molecule has 16 heavy (non-hydrogen) atoms. The summed E-state index contributed by atoms with van der Waals surface area (Å²) in [4.78, 5) is 4.04. The SMILES string of the molecule is CC(N)Cc1noc(CCOCC(F)F)n1. The molecule has 1 rings (SSSR count).